The van der Waals surface area contributed by atoms with Crippen molar-refractivity contribution in [2.24, 2.45) is 5.73 Å². The molecule has 3 rings (SSSR count). The van der Waals surface area contributed by atoms with E-state index in [4.69, 9.17) is 10.2 Å². The van der Waals surface area contributed by atoms with Crippen LogP contribution in [0.4, 0.5) is 0 Å². The zero-order valence-corrected chi connectivity index (χ0v) is 11.9. The molecule has 9 heteroatoms. The molecule has 3 aromatic rings. The van der Waals surface area contributed by atoms with E-state index in [0.29, 0.717) is 23.4 Å². The van der Waals surface area contributed by atoms with Gasteiger partial charge in [0, 0.05) is 0 Å². The highest BCUT2D eigenvalue weighted by Gasteiger charge is 2.11. The molecule has 21 heavy (non-hydrogen) atoms. The molecule has 0 aliphatic carbocycles. The Morgan fingerprint density at radius 3 is 2.76 bits per heavy atom. The second-order valence-electron chi connectivity index (χ2n) is 4.19. The number of rotatable bonds is 6. The molecule has 8 nitrogen and oxygen atoms in total. The normalized spacial score (nSPS) is 10.9. The largest absolute Gasteiger partial charge is 0.415 e. The van der Waals surface area contributed by atoms with Crippen molar-refractivity contribution < 1.29 is 4.42 Å². The fourth-order valence-electron chi connectivity index (χ4n) is 1.71. The lowest BCUT2D eigenvalue weighted by atomic mass is 10.2. The monoisotopic (exact) mass is 303 g/mol. The van der Waals surface area contributed by atoms with Crippen molar-refractivity contribution in [3.05, 3.63) is 47.6 Å². The van der Waals surface area contributed by atoms with Crippen molar-refractivity contribution in [3.63, 3.8) is 0 Å². The number of tetrazole rings is 1. The van der Waals surface area contributed by atoms with Crippen LogP contribution in [0, 0.1) is 0 Å². The third-order valence-electron chi connectivity index (χ3n) is 2.73. The number of hydrogen-bond acceptors (Lipinski definition) is 8. The first kappa shape index (κ1) is 13.7. The van der Waals surface area contributed by atoms with Crippen molar-refractivity contribution in [3.8, 4) is 0 Å². The molecular formula is C12H13N7OS. The van der Waals surface area contributed by atoms with E-state index in [1.54, 1.807) is 4.68 Å². The molecule has 2 N–H and O–H groups in total. The Morgan fingerprint density at radius 2 is 2.00 bits per heavy atom. The van der Waals surface area contributed by atoms with Gasteiger partial charge >= 0.3 is 0 Å². The van der Waals surface area contributed by atoms with Gasteiger partial charge in [-0.1, -0.05) is 42.1 Å². The van der Waals surface area contributed by atoms with Crippen molar-refractivity contribution in [2.75, 3.05) is 0 Å². The van der Waals surface area contributed by atoms with Gasteiger partial charge in [-0.3, -0.25) is 0 Å². The Labute approximate surface area is 124 Å². The molecule has 0 saturated carbocycles. The summed E-state index contributed by atoms with van der Waals surface area (Å²) in [6.07, 6.45) is 0. The first-order valence-corrected chi connectivity index (χ1v) is 7.28. The molecule has 1 aromatic carbocycles. The molecule has 0 fully saturated rings. The zero-order valence-electron chi connectivity index (χ0n) is 11.1. The van der Waals surface area contributed by atoms with Gasteiger partial charge in [-0.25, -0.2) is 4.68 Å². The predicted molar refractivity (Wildman–Crippen MR) is 75.1 cm³/mol. The molecule has 0 amide bonds. The van der Waals surface area contributed by atoms with Gasteiger partial charge in [0.2, 0.25) is 5.89 Å². The van der Waals surface area contributed by atoms with Crippen molar-refractivity contribution in [2.45, 2.75) is 24.1 Å². The first-order valence-electron chi connectivity index (χ1n) is 6.29. The number of nitrogens with zero attached hydrogens (tertiary/aromatic N) is 6. The van der Waals surface area contributed by atoms with Crippen LogP contribution in [0.1, 0.15) is 17.3 Å². The van der Waals surface area contributed by atoms with E-state index in [1.807, 2.05) is 30.3 Å². The first-order chi connectivity index (χ1) is 10.3. The highest BCUT2D eigenvalue weighted by molar-refractivity contribution is 7.98. The molecule has 0 bridgehead atoms. The third kappa shape index (κ3) is 3.44. The van der Waals surface area contributed by atoms with Crippen LogP contribution in [0.25, 0.3) is 0 Å². The summed E-state index contributed by atoms with van der Waals surface area (Å²) < 4.78 is 7.08. The quantitative estimate of drug-likeness (QED) is 0.668. The lowest BCUT2D eigenvalue weighted by Crippen LogP contribution is -2.06. The van der Waals surface area contributed by atoms with Crippen LogP contribution in [-0.2, 0) is 18.8 Å². The van der Waals surface area contributed by atoms with E-state index in [0.717, 1.165) is 11.4 Å². The Balaban J connectivity index is 1.65. The Morgan fingerprint density at radius 1 is 1.14 bits per heavy atom. The van der Waals surface area contributed by atoms with E-state index in [-0.39, 0.29) is 6.54 Å². The Bertz CT molecular complexity index is 696. The van der Waals surface area contributed by atoms with Crippen LogP contribution in [0.2, 0.25) is 0 Å². The predicted octanol–water partition coefficient (Wildman–Crippen LogP) is 0.855. The van der Waals surface area contributed by atoms with Gasteiger partial charge in [-0.05, 0) is 16.0 Å². The second-order valence-corrected chi connectivity index (χ2v) is 5.12. The number of hydrogen-bond donors (Lipinski definition) is 1. The summed E-state index contributed by atoms with van der Waals surface area (Å²) in [4.78, 5) is 0. The van der Waals surface area contributed by atoms with Gasteiger partial charge in [0.05, 0.1) is 18.8 Å². The average molecular weight is 303 g/mol. The fraction of sp³-hybridized carbons (Fsp3) is 0.250. The van der Waals surface area contributed by atoms with Crippen LogP contribution >= 0.6 is 11.8 Å². The van der Waals surface area contributed by atoms with Crippen LogP contribution in [0.3, 0.4) is 0 Å². The summed E-state index contributed by atoms with van der Waals surface area (Å²) in [7, 11) is 0. The molecule has 0 aliphatic heterocycles. The maximum absolute atomic E-state index is 5.42. The number of nitrogens with two attached hydrogens (primary N) is 1. The fourth-order valence-corrected chi connectivity index (χ4v) is 2.42. The van der Waals surface area contributed by atoms with Gasteiger partial charge in [0.1, 0.15) is 0 Å². The van der Waals surface area contributed by atoms with Gasteiger partial charge in [0.15, 0.2) is 5.82 Å². The minimum absolute atomic E-state index is 0.235. The molecular weight excluding hydrogens is 290 g/mol. The van der Waals surface area contributed by atoms with Crippen LogP contribution in [0.5, 0.6) is 0 Å². The number of thioether (sulfide) groups is 1. The van der Waals surface area contributed by atoms with E-state index in [9.17, 15) is 0 Å². The maximum atomic E-state index is 5.42. The molecule has 108 valence electrons. The summed E-state index contributed by atoms with van der Waals surface area (Å²) >= 11 is 1.38. The van der Waals surface area contributed by atoms with Crippen LogP contribution in [-0.4, -0.2) is 30.4 Å². The SMILES string of the molecule is NCc1nnc(SCc2nnnn2Cc2ccccc2)o1. The number of aromatic nitrogens is 6. The molecule has 2 heterocycles. The van der Waals surface area contributed by atoms with Crippen LogP contribution in [0.15, 0.2) is 40.0 Å². The van der Waals surface area contributed by atoms with E-state index < -0.39 is 0 Å². The zero-order chi connectivity index (χ0) is 14.5. The molecule has 0 aliphatic rings. The summed E-state index contributed by atoms with van der Waals surface area (Å²) in [6, 6.07) is 10.0. The van der Waals surface area contributed by atoms with Gasteiger partial charge in [-0.15, -0.1) is 15.3 Å². The summed E-state index contributed by atoms with van der Waals surface area (Å²) in [5.74, 6) is 1.71. The number of benzene rings is 1. The standard InChI is InChI=1S/C12H13N7OS/c13-6-11-15-16-12(20-11)21-8-10-14-17-18-19(10)7-9-4-2-1-3-5-9/h1-5H,6-8,13H2. The molecule has 0 unspecified atom stereocenters. The molecule has 0 radical (unpaired) electrons. The van der Waals surface area contributed by atoms with Crippen molar-refractivity contribution >= 4 is 11.8 Å². The Kier molecular flexibility index (Phi) is 4.22. The van der Waals surface area contributed by atoms with Gasteiger partial charge < -0.3 is 10.2 Å². The summed E-state index contributed by atoms with van der Waals surface area (Å²) in [5.41, 5.74) is 6.56. The average Bonchev–Trinajstić information content (AvgIpc) is 3.15. The molecule has 0 spiro atoms. The minimum Gasteiger partial charge on any atom is -0.415 e. The maximum Gasteiger partial charge on any atom is 0.277 e. The smallest absolute Gasteiger partial charge is 0.277 e. The van der Waals surface area contributed by atoms with Gasteiger partial charge in [0.25, 0.3) is 5.22 Å². The topological polar surface area (TPSA) is 109 Å². The second kappa shape index (κ2) is 6.46. The van der Waals surface area contributed by atoms with E-state index in [2.05, 4.69) is 25.7 Å². The lowest BCUT2D eigenvalue weighted by Gasteiger charge is -2.03. The molecule has 0 saturated heterocycles. The van der Waals surface area contributed by atoms with Crippen LogP contribution < -0.4 is 5.73 Å². The highest BCUT2D eigenvalue weighted by atomic mass is 32.2. The summed E-state index contributed by atoms with van der Waals surface area (Å²) in [5, 5.41) is 19.9. The van der Waals surface area contributed by atoms with Gasteiger partial charge in [-0.2, -0.15) is 0 Å². The van der Waals surface area contributed by atoms with E-state index in [1.165, 1.54) is 11.8 Å². The third-order valence-corrected chi connectivity index (χ3v) is 3.54. The van der Waals surface area contributed by atoms with Crippen molar-refractivity contribution in [1.29, 1.82) is 0 Å². The molecule has 2 aromatic heterocycles. The Hall–Kier alpha value is -2.26. The lowest BCUT2D eigenvalue weighted by molar-refractivity contribution is 0.414. The van der Waals surface area contributed by atoms with E-state index >= 15 is 0 Å². The van der Waals surface area contributed by atoms with Crippen molar-refractivity contribution in [1.82, 2.24) is 30.4 Å². The minimum atomic E-state index is 0.235. The highest BCUT2D eigenvalue weighted by Crippen LogP contribution is 2.20. The molecule has 0 atom stereocenters. The summed E-state index contributed by atoms with van der Waals surface area (Å²) in [6.45, 7) is 0.862.